The summed E-state index contributed by atoms with van der Waals surface area (Å²) in [6.07, 6.45) is 3.73. The van der Waals surface area contributed by atoms with Crippen LogP contribution >= 0.6 is 0 Å². The summed E-state index contributed by atoms with van der Waals surface area (Å²) in [7, 11) is 0. The highest BCUT2D eigenvalue weighted by molar-refractivity contribution is 5.97. The molecule has 19 heavy (non-hydrogen) atoms. The summed E-state index contributed by atoms with van der Waals surface area (Å²) in [6, 6.07) is 5.45. The number of hydrogen-bond donors (Lipinski definition) is 0. The number of halogens is 1. The van der Waals surface area contributed by atoms with E-state index >= 15 is 0 Å². The SMILES string of the molecule is O=C(CCC(=O)N1CCCCC1)c1ccc(F)cc1. The van der Waals surface area contributed by atoms with Gasteiger partial charge < -0.3 is 4.90 Å². The van der Waals surface area contributed by atoms with Crippen LogP contribution in [0.3, 0.4) is 0 Å². The minimum absolute atomic E-state index is 0.0511. The fraction of sp³-hybridized carbons (Fsp3) is 0.467. The largest absolute Gasteiger partial charge is 0.343 e. The molecule has 3 nitrogen and oxygen atoms in total. The van der Waals surface area contributed by atoms with Gasteiger partial charge in [0, 0.05) is 31.5 Å². The van der Waals surface area contributed by atoms with E-state index in [1.165, 1.54) is 30.7 Å². The maximum Gasteiger partial charge on any atom is 0.223 e. The van der Waals surface area contributed by atoms with Crippen LogP contribution < -0.4 is 0 Å². The van der Waals surface area contributed by atoms with Crippen molar-refractivity contribution >= 4 is 11.7 Å². The molecular formula is C15H18FNO2. The van der Waals surface area contributed by atoms with Crippen LogP contribution in [0.5, 0.6) is 0 Å². The molecule has 0 radical (unpaired) electrons. The van der Waals surface area contributed by atoms with Crippen molar-refractivity contribution in [1.29, 1.82) is 0 Å². The lowest BCUT2D eigenvalue weighted by Crippen LogP contribution is -2.35. The Balaban J connectivity index is 1.82. The van der Waals surface area contributed by atoms with Crippen molar-refractivity contribution in [2.45, 2.75) is 32.1 Å². The third-order valence-electron chi connectivity index (χ3n) is 3.44. The van der Waals surface area contributed by atoms with E-state index in [4.69, 9.17) is 0 Å². The van der Waals surface area contributed by atoms with Crippen LogP contribution in [0.2, 0.25) is 0 Å². The second-order valence-corrected chi connectivity index (χ2v) is 4.87. The number of ketones is 1. The molecule has 0 saturated carbocycles. The van der Waals surface area contributed by atoms with Gasteiger partial charge in [0.2, 0.25) is 5.91 Å². The van der Waals surface area contributed by atoms with Crippen molar-refractivity contribution in [2.75, 3.05) is 13.1 Å². The Bertz CT molecular complexity index is 450. The Hall–Kier alpha value is -1.71. The van der Waals surface area contributed by atoms with Crippen LogP contribution in [0, 0.1) is 5.82 Å². The molecule has 1 saturated heterocycles. The molecule has 1 amide bonds. The van der Waals surface area contributed by atoms with Gasteiger partial charge in [-0.3, -0.25) is 9.59 Å². The van der Waals surface area contributed by atoms with E-state index in [1.807, 2.05) is 4.90 Å². The number of Topliss-reactive ketones (excluding diaryl/α,β-unsaturated/α-hetero) is 1. The van der Waals surface area contributed by atoms with E-state index in [9.17, 15) is 14.0 Å². The molecule has 1 aliphatic rings. The van der Waals surface area contributed by atoms with Gasteiger partial charge in [-0.15, -0.1) is 0 Å². The third-order valence-corrected chi connectivity index (χ3v) is 3.44. The molecule has 0 aliphatic carbocycles. The van der Waals surface area contributed by atoms with E-state index in [1.54, 1.807) is 0 Å². The summed E-state index contributed by atoms with van der Waals surface area (Å²) in [6.45, 7) is 1.62. The molecule has 0 aromatic heterocycles. The lowest BCUT2D eigenvalue weighted by atomic mass is 10.1. The second kappa shape index (κ2) is 6.45. The third kappa shape index (κ3) is 3.88. The molecule has 1 aromatic rings. The highest BCUT2D eigenvalue weighted by Crippen LogP contribution is 2.12. The van der Waals surface area contributed by atoms with Gasteiger partial charge in [0.25, 0.3) is 0 Å². The number of hydrogen-bond acceptors (Lipinski definition) is 2. The fourth-order valence-electron chi connectivity index (χ4n) is 2.30. The van der Waals surface area contributed by atoms with Gasteiger partial charge in [0.15, 0.2) is 5.78 Å². The zero-order chi connectivity index (χ0) is 13.7. The maximum atomic E-state index is 12.7. The quantitative estimate of drug-likeness (QED) is 0.783. The molecule has 2 rings (SSSR count). The normalized spacial score (nSPS) is 15.3. The van der Waals surface area contributed by atoms with Crippen LogP contribution in [0.25, 0.3) is 0 Å². The Morgan fingerprint density at radius 2 is 1.63 bits per heavy atom. The Morgan fingerprint density at radius 3 is 2.26 bits per heavy atom. The lowest BCUT2D eigenvalue weighted by Gasteiger charge is -2.26. The number of likely N-dealkylation sites (tertiary alicyclic amines) is 1. The average Bonchev–Trinajstić information content (AvgIpc) is 2.46. The summed E-state index contributed by atoms with van der Waals surface area (Å²) in [5.41, 5.74) is 0.466. The van der Waals surface area contributed by atoms with Crippen LogP contribution in [0.4, 0.5) is 4.39 Å². The van der Waals surface area contributed by atoms with E-state index < -0.39 is 0 Å². The number of rotatable bonds is 4. The van der Waals surface area contributed by atoms with Crippen molar-refractivity contribution in [1.82, 2.24) is 4.90 Å². The predicted molar refractivity (Wildman–Crippen MR) is 70.4 cm³/mol. The van der Waals surface area contributed by atoms with Crippen molar-refractivity contribution in [3.05, 3.63) is 35.6 Å². The first-order chi connectivity index (χ1) is 9.16. The standard InChI is InChI=1S/C15H18FNO2/c16-13-6-4-12(5-7-13)14(18)8-9-15(19)17-10-2-1-3-11-17/h4-7H,1-3,8-11H2. The molecule has 4 heteroatoms. The number of piperidine rings is 1. The smallest absolute Gasteiger partial charge is 0.223 e. The molecule has 0 bridgehead atoms. The van der Waals surface area contributed by atoms with Crippen molar-refractivity contribution in [3.8, 4) is 0 Å². The van der Waals surface area contributed by atoms with Crippen LogP contribution in [-0.2, 0) is 4.79 Å². The van der Waals surface area contributed by atoms with Gasteiger partial charge in [0.1, 0.15) is 5.82 Å². The minimum atomic E-state index is -0.360. The number of nitrogens with zero attached hydrogens (tertiary/aromatic N) is 1. The zero-order valence-corrected chi connectivity index (χ0v) is 10.9. The van der Waals surface area contributed by atoms with Crippen LogP contribution in [-0.4, -0.2) is 29.7 Å². The maximum absolute atomic E-state index is 12.7. The van der Waals surface area contributed by atoms with Gasteiger partial charge >= 0.3 is 0 Å². The first kappa shape index (κ1) is 13.7. The number of carbonyl (C=O) groups excluding carboxylic acids is 2. The molecule has 102 valence electrons. The topological polar surface area (TPSA) is 37.4 Å². The first-order valence-electron chi connectivity index (χ1n) is 6.73. The molecule has 1 fully saturated rings. The van der Waals surface area contributed by atoms with E-state index in [0.717, 1.165) is 25.9 Å². The molecule has 0 spiro atoms. The summed E-state index contributed by atoms with van der Waals surface area (Å²) >= 11 is 0. The van der Waals surface area contributed by atoms with E-state index in [-0.39, 0.29) is 30.3 Å². The fourth-order valence-corrected chi connectivity index (χ4v) is 2.30. The highest BCUT2D eigenvalue weighted by atomic mass is 19.1. The number of carbonyl (C=O) groups is 2. The van der Waals surface area contributed by atoms with Crippen LogP contribution in [0.15, 0.2) is 24.3 Å². The number of benzene rings is 1. The lowest BCUT2D eigenvalue weighted by molar-refractivity contribution is -0.132. The minimum Gasteiger partial charge on any atom is -0.343 e. The predicted octanol–water partition coefficient (Wildman–Crippen LogP) is 2.80. The molecule has 1 aliphatic heterocycles. The van der Waals surface area contributed by atoms with Gasteiger partial charge in [-0.25, -0.2) is 4.39 Å². The molecule has 1 aromatic carbocycles. The molecule has 1 heterocycles. The molecule has 0 N–H and O–H groups in total. The molecule has 0 atom stereocenters. The summed E-state index contributed by atoms with van der Waals surface area (Å²) < 4.78 is 12.7. The Kier molecular flexibility index (Phi) is 4.66. The van der Waals surface area contributed by atoms with Crippen molar-refractivity contribution in [2.24, 2.45) is 0 Å². The average molecular weight is 263 g/mol. The van der Waals surface area contributed by atoms with Gasteiger partial charge in [0.05, 0.1) is 0 Å². The van der Waals surface area contributed by atoms with Gasteiger partial charge in [-0.1, -0.05) is 0 Å². The first-order valence-corrected chi connectivity index (χ1v) is 6.73. The van der Waals surface area contributed by atoms with Gasteiger partial charge in [-0.05, 0) is 43.5 Å². The van der Waals surface area contributed by atoms with Crippen molar-refractivity contribution < 1.29 is 14.0 Å². The Morgan fingerprint density at radius 1 is 1.00 bits per heavy atom. The number of amides is 1. The zero-order valence-electron chi connectivity index (χ0n) is 10.9. The summed E-state index contributed by atoms with van der Waals surface area (Å²) in [5, 5.41) is 0. The van der Waals surface area contributed by atoms with E-state index in [0.29, 0.717) is 5.56 Å². The van der Waals surface area contributed by atoms with Gasteiger partial charge in [-0.2, -0.15) is 0 Å². The Labute approximate surface area is 112 Å². The molecule has 0 unspecified atom stereocenters. The van der Waals surface area contributed by atoms with E-state index in [2.05, 4.69) is 0 Å². The summed E-state index contributed by atoms with van der Waals surface area (Å²) in [5.74, 6) is -0.415. The monoisotopic (exact) mass is 263 g/mol. The second-order valence-electron chi connectivity index (χ2n) is 4.87. The summed E-state index contributed by atoms with van der Waals surface area (Å²) in [4.78, 5) is 25.6. The van der Waals surface area contributed by atoms with Crippen LogP contribution in [0.1, 0.15) is 42.5 Å². The molecular weight excluding hydrogens is 245 g/mol. The van der Waals surface area contributed by atoms with Crippen molar-refractivity contribution in [3.63, 3.8) is 0 Å². The highest BCUT2D eigenvalue weighted by Gasteiger charge is 2.17.